The maximum atomic E-state index is 12.8. The number of ether oxygens (including phenoxy) is 2. The van der Waals surface area contributed by atoms with Gasteiger partial charge >= 0.3 is 5.97 Å². The highest BCUT2D eigenvalue weighted by molar-refractivity contribution is 7.80. The molecule has 0 fully saturated rings. The van der Waals surface area contributed by atoms with Gasteiger partial charge in [-0.25, -0.2) is 4.79 Å². The molecule has 144 valence electrons. The van der Waals surface area contributed by atoms with E-state index in [0.717, 1.165) is 16.9 Å². The van der Waals surface area contributed by atoms with Gasteiger partial charge in [-0.2, -0.15) is 0 Å². The Labute approximate surface area is 170 Å². The standard InChI is InChI=1S/C22H22N2O3S/c1-3-13-26-18-11-9-17(10-12-18)20-19(15(2)23-22(28)24-20)21(25)27-14-16-7-5-4-6-8-16/h3-12,20H,1,13-14H2,2H3,(H2,23,24,28)/t20-/m1/s1. The van der Waals surface area contributed by atoms with Crippen molar-refractivity contribution in [2.24, 2.45) is 0 Å². The third kappa shape index (κ3) is 4.78. The first-order chi connectivity index (χ1) is 13.6. The third-order valence-corrected chi connectivity index (χ3v) is 4.50. The predicted molar refractivity (Wildman–Crippen MR) is 113 cm³/mol. The zero-order chi connectivity index (χ0) is 19.9. The lowest BCUT2D eigenvalue weighted by Crippen LogP contribution is -2.45. The number of nitrogens with one attached hydrogen (secondary N) is 2. The van der Waals surface area contributed by atoms with Gasteiger partial charge in [0, 0.05) is 5.70 Å². The highest BCUT2D eigenvalue weighted by Crippen LogP contribution is 2.29. The molecule has 6 heteroatoms. The smallest absolute Gasteiger partial charge is 0.338 e. The summed E-state index contributed by atoms with van der Waals surface area (Å²) in [5, 5.41) is 6.64. The number of esters is 1. The molecule has 0 saturated heterocycles. The van der Waals surface area contributed by atoms with Crippen LogP contribution in [-0.4, -0.2) is 17.7 Å². The highest BCUT2D eigenvalue weighted by atomic mass is 32.1. The van der Waals surface area contributed by atoms with E-state index in [1.54, 1.807) is 6.08 Å². The molecule has 0 aliphatic carbocycles. The normalized spacial score (nSPS) is 16.0. The first kappa shape index (κ1) is 19.6. The molecule has 5 nitrogen and oxygen atoms in total. The average molecular weight is 394 g/mol. The van der Waals surface area contributed by atoms with Crippen LogP contribution in [0.1, 0.15) is 24.1 Å². The number of hydrogen-bond donors (Lipinski definition) is 2. The van der Waals surface area contributed by atoms with Gasteiger partial charge in [0.15, 0.2) is 5.11 Å². The van der Waals surface area contributed by atoms with Crippen LogP contribution in [0.2, 0.25) is 0 Å². The Morgan fingerprint density at radius 2 is 1.89 bits per heavy atom. The van der Waals surface area contributed by atoms with E-state index < -0.39 is 6.04 Å². The van der Waals surface area contributed by atoms with Crippen molar-refractivity contribution in [2.75, 3.05) is 6.61 Å². The van der Waals surface area contributed by atoms with E-state index in [1.165, 1.54) is 0 Å². The summed E-state index contributed by atoms with van der Waals surface area (Å²) in [5.41, 5.74) is 3.01. The van der Waals surface area contributed by atoms with Crippen LogP contribution in [0.4, 0.5) is 0 Å². The fraction of sp³-hybridized carbons (Fsp3) is 0.182. The number of thiocarbonyl (C=S) groups is 1. The van der Waals surface area contributed by atoms with Crippen molar-refractivity contribution >= 4 is 23.3 Å². The number of rotatable bonds is 7. The van der Waals surface area contributed by atoms with Gasteiger partial charge in [-0.3, -0.25) is 0 Å². The molecule has 0 saturated carbocycles. The van der Waals surface area contributed by atoms with Crippen LogP contribution in [0, 0.1) is 0 Å². The molecular formula is C22H22N2O3S. The topological polar surface area (TPSA) is 59.6 Å². The maximum Gasteiger partial charge on any atom is 0.338 e. The van der Waals surface area contributed by atoms with Crippen molar-refractivity contribution < 1.29 is 14.3 Å². The van der Waals surface area contributed by atoms with Crippen LogP contribution in [0.15, 0.2) is 78.5 Å². The van der Waals surface area contributed by atoms with Gasteiger partial charge in [-0.1, -0.05) is 55.1 Å². The summed E-state index contributed by atoms with van der Waals surface area (Å²) >= 11 is 5.28. The van der Waals surface area contributed by atoms with Crippen LogP contribution in [-0.2, 0) is 16.1 Å². The molecule has 2 aromatic carbocycles. The fourth-order valence-corrected chi connectivity index (χ4v) is 3.20. The van der Waals surface area contributed by atoms with E-state index in [1.807, 2.05) is 61.5 Å². The Morgan fingerprint density at radius 1 is 1.18 bits per heavy atom. The lowest BCUT2D eigenvalue weighted by molar-refractivity contribution is -0.140. The molecule has 2 aromatic rings. The molecule has 28 heavy (non-hydrogen) atoms. The number of hydrogen-bond acceptors (Lipinski definition) is 4. The number of carbonyl (C=O) groups excluding carboxylic acids is 1. The second-order valence-electron chi connectivity index (χ2n) is 6.30. The van der Waals surface area contributed by atoms with Crippen LogP contribution in [0.3, 0.4) is 0 Å². The minimum absolute atomic E-state index is 0.210. The SMILES string of the molecule is C=CCOc1ccc([C@H]2NC(=S)NC(C)=C2C(=O)OCc2ccccc2)cc1. The zero-order valence-electron chi connectivity index (χ0n) is 15.6. The summed E-state index contributed by atoms with van der Waals surface area (Å²) in [6, 6.07) is 16.7. The van der Waals surface area contributed by atoms with Crippen LogP contribution in [0.5, 0.6) is 5.75 Å². The Kier molecular flexibility index (Phi) is 6.45. The van der Waals surface area contributed by atoms with E-state index >= 15 is 0 Å². The Bertz CT molecular complexity index is 892. The lowest BCUT2D eigenvalue weighted by Gasteiger charge is -2.30. The molecular weight excluding hydrogens is 372 g/mol. The molecule has 1 aliphatic rings. The Hall–Kier alpha value is -3.12. The highest BCUT2D eigenvalue weighted by Gasteiger charge is 2.31. The maximum absolute atomic E-state index is 12.8. The summed E-state index contributed by atoms with van der Waals surface area (Å²) in [4.78, 5) is 12.8. The minimum atomic E-state index is -0.398. The number of carbonyl (C=O) groups is 1. The molecule has 1 atom stereocenters. The second kappa shape index (κ2) is 9.19. The monoisotopic (exact) mass is 394 g/mol. The van der Waals surface area contributed by atoms with Crippen molar-refractivity contribution in [3.8, 4) is 5.75 Å². The molecule has 0 radical (unpaired) electrons. The largest absolute Gasteiger partial charge is 0.490 e. The summed E-state index contributed by atoms with van der Waals surface area (Å²) < 4.78 is 11.1. The van der Waals surface area contributed by atoms with Gasteiger partial charge in [-0.15, -0.1) is 0 Å². The van der Waals surface area contributed by atoms with E-state index in [9.17, 15) is 4.79 Å². The number of allylic oxidation sites excluding steroid dienone is 1. The molecule has 0 spiro atoms. The molecule has 0 bridgehead atoms. The van der Waals surface area contributed by atoms with E-state index in [-0.39, 0.29) is 12.6 Å². The van der Waals surface area contributed by atoms with E-state index in [0.29, 0.717) is 23.0 Å². The molecule has 0 unspecified atom stereocenters. The van der Waals surface area contributed by atoms with Gasteiger partial charge in [0.05, 0.1) is 11.6 Å². The third-order valence-electron chi connectivity index (χ3n) is 4.28. The van der Waals surface area contributed by atoms with Crippen molar-refractivity contribution in [2.45, 2.75) is 19.6 Å². The molecule has 1 aliphatic heterocycles. The van der Waals surface area contributed by atoms with Crippen LogP contribution in [0.25, 0.3) is 0 Å². The number of benzene rings is 2. The Morgan fingerprint density at radius 3 is 2.57 bits per heavy atom. The van der Waals surface area contributed by atoms with Gasteiger partial charge in [-0.05, 0) is 42.4 Å². The van der Waals surface area contributed by atoms with Crippen LogP contribution < -0.4 is 15.4 Å². The van der Waals surface area contributed by atoms with Gasteiger partial charge in [0.2, 0.25) is 0 Å². The first-order valence-corrected chi connectivity index (χ1v) is 9.32. The quantitative estimate of drug-likeness (QED) is 0.423. The fourth-order valence-electron chi connectivity index (χ4n) is 2.93. The summed E-state index contributed by atoms with van der Waals surface area (Å²) in [6.07, 6.45) is 1.69. The van der Waals surface area contributed by atoms with Crippen molar-refractivity contribution in [3.63, 3.8) is 0 Å². The first-order valence-electron chi connectivity index (χ1n) is 8.91. The van der Waals surface area contributed by atoms with Gasteiger partial charge in [0.1, 0.15) is 19.0 Å². The van der Waals surface area contributed by atoms with Crippen molar-refractivity contribution in [3.05, 3.63) is 89.6 Å². The van der Waals surface area contributed by atoms with Gasteiger partial charge < -0.3 is 20.1 Å². The van der Waals surface area contributed by atoms with Crippen LogP contribution >= 0.6 is 12.2 Å². The van der Waals surface area contributed by atoms with Crippen molar-refractivity contribution in [1.29, 1.82) is 0 Å². The molecule has 1 heterocycles. The predicted octanol–water partition coefficient (Wildman–Crippen LogP) is 3.79. The Balaban J connectivity index is 1.79. The lowest BCUT2D eigenvalue weighted by atomic mass is 9.95. The van der Waals surface area contributed by atoms with E-state index in [4.69, 9.17) is 21.7 Å². The zero-order valence-corrected chi connectivity index (χ0v) is 16.4. The summed E-state index contributed by atoms with van der Waals surface area (Å²) in [7, 11) is 0. The second-order valence-corrected chi connectivity index (χ2v) is 6.71. The summed E-state index contributed by atoms with van der Waals surface area (Å²) in [5.74, 6) is 0.343. The van der Waals surface area contributed by atoms with E-state index in [2.05, 4.69) is 17.2 Å². The minimum Gasteiger partial charge on any atom is -0.490 e. The van der Waals surface area contributed by atoms with Gasteiger partial charge in [0.25, 0.3) is 0 Å². The molecule has 0 aromatic heterocycles. The molecule has 2 N–H and O–H groups in total. The summed E-state index contributed by atoms with van der Waals surface area (Å²) in [6.45, 7) is 6.10. The average Bonchev–Trinajstić information content (AvgIpc) is 2.71. The van der Waals surface area contributed by atoms with Crippen molar-refractivity contribution in [1.82, 2.24) is 10.6 Å². The molecule has 3 rings (SSSR count). The molecule has 0 amide bonds.